The third-order valence-corrected chi connectivity index (χ3v) is 6.58. The number of aromatic nitrogens is 1. The van der Waals surface area contributed by atoms with Gasteiger partial charge < -0.3 is 9.64 Å². The molecular formula is C24H23N3O3S. The monoisotopic (exact) mass is 433 g/mol. The van der Waals surface area contributed by atoms with Crippen LogP contribution < -0.4 is 15.0 Å². The molecule has 2 aromatic carbocycles. The predicted octanol–water partition coefficient (Wildman–Crippen LogP) is 4.44. The first-order valence-electron chi connectivity index (χ1n) is 10.5. The van der Waals surface area contributed by atoms with Crippen LogP contribution in [0.2, 0.25) is 0 Å². The Bertz CT molecular complexity index is 1160. The molecule has 1 aliphatic heterocycles. The fourth-order valence-corrected chi connectivity index (χ4v) is 4.93. The van der Waals surface area contributed by atoms with E-state index in [0.29, 0.717) is 16.6 Å². The molecule has 1 N–H and O–H groups in total. The van der Waals surface area contributed by atoms with Crippen molar-refractivity contribution >= 4 is 34.0 Å². The Morgan fingerprint density at radius 2 is 1.94 bits per heavy atom. The second-order valence-corrected chi connectivity index (χ2v) is 8.78. The van der Waals surface area contributed by atoms with E-state index in [1.807, 2.05) is 23.6 Å². The van der Waals surface area contributed by atoms with Crippen LogP contribution in [-0.4, -0.2) is 29.4 Å². The summed E-state index contributed by atoms with van der Waals surface area (Å²) < 4.78 is 5.87. The number of anilines is 2. The topological polar surface area (TPSA) is 71.5 Å². The lowest BCUT2D eigenvalue weighted by atomic mass is 9.90. The molecule has 1 atom stereocenters. The molecule has 0 fully saturated rings. The van der Waals surface area contributed by atoms with Crippen molar-refractivity contribution in [1.29, 1.82) is 0 Å². The fourth-order valence-electron chi connectivity index (χ4n) is 4.21. The lowest BCUT2D eigenvalue weighted by Crippen LogP contribution is -2.48. The Kier molecular flexibility index (Phi) is 5.19. The van der Waals surface area contributed by atoms with Crippen LogP contribution in [0.3, 0.4) is 0 Å². The summed E-state index contributed by atoms with van der Waals surface area (Å²) in [6.07, 6.45) is 3.96. The average Bonchev–Trinajstić information content (AvgIpc) is 3.26. The number of aryl methyl sites for hydroxylation is 2. The van der Waals surface area contributed by atoms with Gasteiger partial charge in [0.2, 0.25) is 5.91 Å². The van der Waals surface area contributed by atoms with Crippen molar-refractivity contribution in [2.24, 2.45) is 0 Å². The van der Waals surface area contributed by atoms with Crippen LogP contribution in [0.5, 0.6) is 5.75 Å². The van der Waals surface area contributed by atoms with Crippen molar-refractivity contribution in [1.82, 2.24) is 4.98 Å². The molecule has 0 saturated heterocycles. The summed E-state index contributed by atoms with van der Waals surface area (Å²) in [6, 6.07) is 13.8. The highest BCUT2D eigenvalue weighted by Crippen LogP contribution is 2.34. The van der Waals surface area contributed by atoms with Crippen LogP contribution >= 0.6 is 11.3 Å². The van der Waals surface area contributed by atoms with Gasteiger partial charge in [-0.05, 0) is 55.0 Å². The van der Waals surface area contributed by atoms with Crippen molar-refractivity contribution in [2.75, 3.05) is 16.8 Å². The smallest absolute Gasteiger partial charge is 0.269 e. The van der Waals surface area contributed by atoms with E-state index in [-0.39, 0.29) is 18.4 Å². The van der Waals surface area contributed by atoms with Crippen molar-refractivity contribution < 1.29 is 14.3 Å². The van der Waals surface area contributed by atoms with E-state index in [1.165, 1.54) is 42.2 Å². The third-order valence-electron chi connectivity index (χ3n) is 5.82. The molecule has 0 radical (unpaired) electrons. The summed E-state index contributed by atoms with van der Waals surface area (Å²) in [5, 5.41) is 5.34. The Morgan fingerprint density at radius 3 is 2.77 bits per heavy atom. The van der Waals surface area contributed by atoms with Crippen LogP contribution in [0.15, 0.2) is 47.8 Å². The molecule has 158 valence electrons. The van der Waals surface area contributed by atoms with E-state index in [1.54, 1.807) is 11.0 Å². The molecule has 2 aliphatic rings. The largest absolute Gasteiger partial charge is 0.476 e. The number of benzene rings is 2. The highest BCUT2D eigenvalue weighted by Gasteiger charge is 2.32. The number of hydrogen-bond acceptors (Lipinski definition) is 5. The Hall–Kier alpha value is -3.19. The van der Waals surface area contributed by atoms with Crippen LogP contribution in [0, 0.1) is 0 Å². The van der Waals surface area contributed by atoms with Gasteiger partial charge in [0.05, 0.1) is 17.9 Å². The van der Waals surface area contributed by atoms with Crippen molar-refractivity contribution in [3.63, 3.8) is 0 Å². The minimum absolute atomic E-state index is 0.127. The summed E-state index contributed by atoms with van der Waals surface area (Å²) in [7, 11) is 0. The zero-order chi connectivity index (χ0) is 21.4. The van der Waals surface area contributed by atoms with Gasteiger partial charge in [-0.15, -0.1) is 11.3 Å². The van der Waals surface area contributed by atoms with Gasteiger partial charge in [0.1, 0.15) is 5.75 Å². The number of amides is 2. The first kappa shape index (κ1) is 19.8. The molecule has 2 heterocycles. The molecule has 2 amide bonds. The van der Waals surface area contributed by atoms with E-state index in [9.17, 15) is 9.59 Å². The normalized spacial score (nSPS) is 17.3. The maximum absolute atomic E-state index is 12.9. The van der Waals surface area contributed by atoms with E-state index < -0.39 is 6.10 Å². The SMILES string of the molecule is CC(=O)N1C[C@@H](C(=O)Nc2nc(-c3ccc4c(c3)CCCC4)cs2)Oc2ccccc21. The summed E-state index contributed by atoms with van der Waals surface area (Å²) in [4.78, 5) is 31.1. The Balaban J connectivity index is 1.32. The molecule has 1 aromatic heterocycles. The number of nitrogens with zero attached hydrogens (tertiary/aromatic N) is 2. The van der Waals surface area contributed by atoms with Gasteiger partial charge >= 0.3 is 0 Å². The van der Waals surface area contributed by atoms with E-state index in [4.69, 9.17) is 4.74 Å². The molecular weight excluding hydrogens is 410 g/mol. The Morgan fingerprint density at radius 1 is 1.13 bits per heavy atom. The molecule has 3 aromatic rings. The molecule has 6 nitrogen and oxygen atoms in total. The van der Waals surface area contributed by atoms with Gasteiger partial charge in [0.15, 0.2) is 11.2 Å². The van der Waals surface area contributed by atoms with Crippen LogP contribution in [-0.2, 0) is 22.4 Å². The van der Waals surface area contributed by atoms with E-state index >= 15 is 0 Å². The number of para-hydroxylation sites is 2. The van der Waals surface area contributed by atoms with Gasteiger partial charge in [-0.25, -0.2) is 4.98 Å². The average molecular weight is 434 g/mol. The number of carbonyl (C=O) groups is 2. The summed E-state index contributed by atoms with van der Waals surface area (Å²) in [6.45, 7) is 1.66. The predicted molar refractivity (Wildman–Crippen MR) is 122 cm³/mol. The highest BCUT2D eigenvalue weighted by molar-refractivity contribution is 7.14. The molecule has 0 saturated carbocycles. The molecule has 31 heavy (non-hydrogen) atoms. The molecule has 5 rings (SSSR count). The number of nitrogens with one attached hydrogen (secondary N) is 1. The Labute approximate surface area is 184 Å². The van der Waals surface area contributed by atoms with Crippen molar-refractivity contribution in [3.8, 4) is 17.0 Å². The highest BCUT2D eigenvalue weighted by atomic mass is 32.1. The molecule has 1 aliphatic carbocycles. The lowest BCUT2D eigenvalue weighted by molar-refractivity contribution is -0.123. The van der Waals surface area contributed by atoms with Crippen LogP contribution in [0.4, 0.5) is 10.8 Å². The molecule has 7 heteroatoms. The van der Waals surface area contributed by atoms with Gasteiger partial charge in [0.25, 0.3) is 5.91 Å². The summed E-state index contributed by atoms with van der Waals surface area (Å²) in [5.74, 6) is 0.0857. The van der Waals surface area contributed by atoms with Gasteiger partial charge in [0, 0.05) is 17.9 Å². The first-order valence-corrected chi connectivity index (χ1v) is 11.4. The number of thiazole rings is 1. The zero-order valence-corrected chi connectivity index (χ0v) is 18.1. The number of ether oxygens (including phenoxy) is 1. The van der Waals surface area contributed by atoms with Gasteiger partial charge in [-0.2, -0.15) is 0 Å². The van der Waals surface area contributed by atoms with Crippen LogP contribution in [0.1, 0.15) is 30.9 Å². The van der Waals surface area contributed by atoms with E-state index in [2.05, 4.69) is 28.5 Å². The van der Waals surface area contributed by atoms with Crippen molar-refractivity contribution in [3.05, 3.63) is 59.0 Å². The third kappa shape index (κ3) is 3.93. The number of carbonyl (C=O) groups excluding carboxylic acids is 2. The minimum atomic E-state index is -0.796. The number of fused-ring (bicyclic) bond motifs is 2. The van der Waals surface area contributed by atoms with Crippen molar-refractivity contribution in [2.45, 2.75) is 38.7 Å². The molecule has 0 spiro atoms. The standard InChI is InChI=1S/C24H23N3O3S/c1-15(28)27-13-22(30-21-9-5-4-8-20(21)27)23(29)26-24-25-19(14-31-24)18-11-10-16-6-2-3-7-17(16)12-18/h4-5,8-12,14,22H,2-3,6-7,13H2,1H3,(H,25,26,29)/t22-/m0/s1. The summed E-state index contributed by atoms with van der Waals surface area (Å²) >= 11 is 1.39. The van der Waals surface area contributed by atoms with Crippen LogP contribution in [0.25, 0.3) is 11.3 Å². The fraction of sp³-hybridized carbons (Fsp3) is 0.292. The van der Waals surface area contributed by atoms with Gasteiger partial charge in [-0.1, -0.05) is 24.3 Å². The molecule has 0 unspecified atom stereocenters. The number of rotatable bonds is 3. The van der Waals surface area contributed by atoms with Gasteiger partial charge in [-0.3, -0.25) is 14.9 Å². The zero-order valence-electron chi connectivity index (χ0n) is 17.3. The quantitative estimate of drug-likeness (QED) is 0.663. The second kappa shape index (κ2) is 8.15. The van der Waals surface area contributed by atoms with E-state index in [0.717, 1.165) is 24.1 Å². The second-order valence-electron chi connectivity index (χ2n) is 7.92. The maximum Gasteiger partial charge on any atom is 0.269 e. The lowest BCUT2D eigenvalue weighted by Gasteiger charge is -2.33. The maximum atomic E-state index is 12.9. The first-order chi connectivity index (χ1) is 15.1. The molecule has 0 bridgehead atoms. The summed E-state index contributed by atoms with van der Waals surface area (Å²) in [5.41, 5.74) is 5.45. The minimum Gasteiger partial charge on any atom is -0.476 e. The number of hydrogen-bond donors (Lipinski definition) is 1.